The van der Waals surface area contributed by atoms with Gasteiger partial charge in [-0.2, -0.15) is 0 Å². The molecule has 0 fully saturated rings. The van der Waals surface area contributed by atoms with Gasteiger partial charge in [0.05, 0.1) is 0 Å². The fraction of sp³-hybridized carbons (Fsp3) is 1.00. The molecule has 1 heteroatoms. The third-order valence-electron chi connectivity index (χ3n) is 3.81. The highest BCUT2D eigenvalue weighted by atomic mass is 16.5. The Hall–Kier alpha value is -0.0400. The van der Waals surface area contributed by atoms with E-state index in [2.05, 4.69) is 41.5 Å². The average Bonchev–Trinajstić information content (AvgIpc) is 2.28. The average molecular weight is 242 g/mol. The molecule has 0 saturated heterocycles. The van der Waals surface area contributed by atoms with E-state index in [1.807, 2.05) is 0 Å². The van der Waals surface area contributed by atoms with E-state index in [0.717, 1.165) is 25.0 Å². The molecule has 104 valence electrons. The van der Waals surface area contributed by atoms with E-state index in [1.54, 1.807) is 0 Å². The van der Waals surface area contributed by atoms with Gasteiger partial charge in [0, 0.05) is 13.2 Å². The topological polar surface area (TPSA) is 9.23 Å². The fourth-order valence-corrected chi connectivity index (χ4v) is 2.31. The molecule has 4 unspecified atom stereocenters. The summed E-state index contributed by atoms with van der Waals surface area (Å²) in [6.45, 7) is 15.7. The van der Waals surface area contributed by atoms with Crippen LogP contribution >= 0.6 is 0 Å². The van der Waals surface area contributed by atoms with E-state index in [-0.39, 0.29) is 0 Å². The maximum absolute atomic E-state index is 5.85. The molecule has 4 atom stereocenters. The minimum atomic E-state index is 0.709. The fourth-order valence-electron chi connectivity index (χ4n) is 2.31. The van der Waals surface area contributed by atoms with Crippen LogP contribution in [0.25, 0.3) is 0 Å². The number of rotatable bonds is 10. The molecule has 0 bridgehead atoms. The lowest BCUT2D eigenvalue weighted by molar-refractivity contribution is 0.0676. The van der Waals surface area contributed by atoms with Crippen molar-refractivity contribution in [2.75, 3.05) is 13.2 Å². The number of hydrogen-bond acceptors (Lipinski definition) is 1. The van der Waals surface area contributed by atoms with E-state index in [9.17, 15) is 0 Å². The van der Waals surface area contributed by atoms with Gasteiger partial charge in [-0.05, 0) is 36.5 Å². The van der Waals surface area contributed by atoms with E-state index in [4.69, 9.17) is 4.74 Å². The van der Waals surface area contributed by atoms with Gasteiger partial charge in [0.1, 0.15) is 0 Å². The Balaban J connectivity index is 3.55. The van der Waals surface area contributed by atoms with Crippen LogP contribution in [0.5, 0.6) is 0 Å². The molecule has 0 aromatic rings. The first kappa shape index (κ1) is 17.0. The van der Waals surface area contributed by atoms with Gasteiger partial charge in [-0.15, -0.1) is 0 Å². The SMILES string of the molecule is CCC(C)CC(C)COCC(C)CC(C)CC. The van der Waals surface area contributed by atoms with Gasteiger partial charge >= 0.3 is 0 Å². The van der Waals surface area contributed by atoms with E-state index in [0.29, 0.717) is 11.8 Å². The maximum atomic E-state index is 5.85. The number of hydrogen-bond donors (Lipinski definition) is 0. The predicted octanol–water partition coefficient (Wildman–Crippen LogP) is 5.15. The van der Waals surface area contributed by atoms with Crippen LogP contribution < -0.4 is 0 Å². The van der Waals surface area contributed by atoms with Crippen LogP contribution in [0.4, 0.5) is 0 Å². The molecule has 0 N–H and O–H groups in total. The molecule has 0 aromatic heterocycles. The molecular weight excluding hydrogens is 208 g/mol. The summed E-state index contributed by atoms with van der Waals surface area (Å²) in [6, 6.07) is 0. The highest BCUT2D eigenvalue weighted by Gasteiger charge is 2.10. The molecule has 0 rings (SSSR count). The Morgan fingerprint density at radius 2 is 1.00 bits per heavy atom. The molecule has 17 heavy (non-hydrogen) atoms. The van der Waals surface area contributed by atoms with E-state index >= 15 is 0 Å². The largest absolute Gasteiger partial charge is 0.381 e. The minimum Gasteiger partial charge on any atom is -0.381 e. The smallest absolute Gasteiger partial charge is 0.0491 e. The second-order valence-electron chi connectivity index (χ2n) is 6.25. The molecule has 0 aliphatic heterocycles. The van der Waals surface area contributed by atoms with Gasteiger partial charge in [-0.3, -0.25) is 0 Å². The van der Waals surface area contributed by atoms with Gasteiger partial charge in [-0.1, -0.05) is 54.4 Å². The molecule has 0 heterocycles. The zero-order valence-electron chi connectivity index (χ0n) is 13.0. The third kappa shape index (κ3) is 9.64. The van der Waals surface area contributed by atoms with E-state index < -0.39 is 0 Å². The Morgan fingerprint density at radius 1 is 0.647 bits per heavy atom. The van der Waals surface area contributed by atoms with Crippen LogP contribution in [0.15, 0.2) is 0 Å². The molecule has 0 aromatic carbocycles. The second-order valence-corrected chi connectivity index (χ2v) is 6.25. The van der Waals surface area contributed by atoms with Crippen LogP contribution in [0.3, 0.4) is 0 Å². The summed E-state index contributed by atoms with van der Waals surface area (Å²) in [5.74, 6) is 3.10. The Kier molecular flexibility index (Phi) is 9.91. The van der Waals surface area contributed by atoms with Crippen molar-refractivity contribution in [3.8, 4) is 0 Å². The first-order valence-electron chi connectivity index (χ1n) is 7.57. The minimum absolute atomic E-state index is 0.709. The Bertz CT molecular complexity index is 149. The molecule has 1 nitrogen and oxygen atoms in total. The second kappa shape index (κ2) is 9.94. The maximum Gasteiger partial charge on any atom is 0.0491 e. The lowest BCUT2D eigenvalue weighted by atomic mass is 9.95. The molecule has 0 saturated carbocycles. The first-order chi connectivity index (χ1) is 7.99. The predicted molar refractivity (Wildman–Crippen MR) is 77.3 cm³/mol. The zero-order valence-corrected chi connectivity index (χ0v) is 13.0. The van der Waals surface area contributed by atoms with Crippen molar-refractivity contribution in [3.63, 3.8) is 0 Å². The normalized spacial score (nSPS) is 18.7. The van der Waals surface area contributed by atoms with Crippen LogP contribution in [-0.2, 0) is 4.74 Å². The van der Waals surface area contributed by atoms with Crippen molar-refractivity contribution in [1.29, 1.82) is 0 Å². The summed E-state index contributed by atoms with van der Waals surface area (Å²) in [6.07, 6.45) is 5.18. The monoisotopic (exact) mass is 242 g/mol. The summed E-state index contributed by atoms with van der Waals surface area (Å²) in [5.41, 5.74) is 0. The van der Waals surface area contributed by atoms with E-state index in [1.165, 1.54) is 25.7 Å². The molecule has 0 amide bonds. The van der Waals surface area contributed by atoms with Crippen LogP contribution in [0, 0.1) is 23.7 Å². The van der Waals surface area contributed by atoms with Gasteiger partial charge in [0.25, 0.3) is 0 Å². The van der Waals surface area contributed by atoms with Gasteiger partial charge in [-0.25, -0.2) is 0 Å². The van der Waals surface area contributed by atoms with Crippen LogP contribution in [0.1, 0.15) is 67.2 Å². The van der Waals surface area contributed by atoms with Crippen molar-refractivity contribution >= 4 is 0 Å². The molecule has 0 radical (unpaired) electrons. The highest BCUT2D eigenvalue weighted by Crippen LogP contribution is 2.17. The van der Waals surface area contributed by atoms with Gasteiger partial charge < -0.3 is 4.74 Å². The van der Waals surface area contributed by atoms with Gasteiger partial charge in [0.15, 0.2) is 0 Å². The zero-order chi connectivity index (χ0) is 13.3. The molecular formula is C16H34O. The Morgan fingerprint density at radius 3 is 1.29 bits per heavy atom. The molecule has 0 aliphatic rings. The lowest BCUT2D eigenvalue weighted by Gasteiger charge is -2.19. The first-order valence-corrected chi connectivity index (χ1v) is 7.57. The number of ether oxygens (including phenoxy) is 1. The van der Waals surface area contributed by atoms with Crippen molar-refractivity contribution in [2.45, 2.75) is 67.2 Å². The summed E-state index contributed by atoms with van der Waals surface area (Å²) < 4.78 is 5.85. The van der Waals surface area contributed by atoms with Crippen molar-refractivity contribution in [1.82, 2.24) is 0 Å². The lowest BCUT2D eigenvalue weighted by Crippen LogP contribution is -2.15. The van der Waals surface area contributed by atoms with Crippen LogP contribution in [0.2, 0.25) is 0 Å². The van der Waals surface area contributed by atoms with Crippen molar-refractivity contribution in [3.05, 3.63) is 0 Å². The standard InChI is InChI=1S/C16H34O/c1-7-13(3)9-15(5)11-17-12-16(6)10-14(4)8-2/h13-16H,7-12H2,1-6H3. The van der Waals surface area contributed by atoms with Crippen LogP contribution in [-0.4, -0.2) is 13.2 Å². The van der Waals surface area contributed by atoms with Gasteiger partial charge in [0.2, 0.25) is 0 Å². The third-order valence-corrected chi connectivity index (χ3v) is 3.81. The van der Waals surface area contributed by atoms with Crippen molar-refractivity contribution in [2.24, 2.45) is 23.7 Å². The molecule has 0 spiro atoms. The molecule has 0 aliphatic carbocycles. The quantitative estimate of drug-likeness (QED) is 0.515. The summed E-state index contributed by atoms with van der Waals surface area (Å²) in [5, 5.41) is 0. The van der Waals surface area contributed by atoms with Crippen molar-refractivity contribution < 1.29 is 4.74 Å². The Labute approximate surface area is 109 Å². The summed E-state index contributed by atoms with van der Waals surface area (Å²) in [7, 11) is 0. The summed E-state index contributed by atoms with van der Waals surface area (Å²) in [4.78, 5) is 0. The highest BCUT2D eigenvalue weighted by molar-refractivity contribution is 4.60. The summed E-state index contributed by atoms with van der Waals surface area (Å²) >= 11 is 0.